The number of benzene rings is 2. The fourth-order valence-corrected chi connectivity index (χ4v) is 7.12. The average Bonchev–Trinajstić information content (AvgIpc) is 3.09. The minimum Gasteiger partial charge on any atom is -0.369 e. The van der Waals surface area contributed by atoms with Crippen molar-refractivity contribution in [3.8, 4) is 0 Å². The molecule has 0 atom stereocenters. The monoisotopic (exact) mass is 616 g/mol. The zero-order valence-corrected chi connectivity index (χ0v) is 27.4. The summed E-state index contributed by atoms with van der Waals surface area (Å²) < 4.78 is 0. The molecule has 244 valence electrons. The van der Waals surface area contributed by atoms with Gasteiger partial charge in [-0.05, 0) is 75.9 Å². The third-order valence-corrected chi connectivity index (χ3v) is 10.2. The van der Waals surface area contributed by atoms with E-state index in [0.717, 1.165) is 91.1 Å². The van der Waals surface area contributed by atoms with Crippen molar-refractivity contribution in [3.63, 3.8) is 0 Å². The van der Waals surface area contributed by atoms with Crippen LogP contribution in [0.15, 0.2) is 60.7 Å². The number of anilines is 2. The summed E-state index contributed by atoms with van der Waals surface area (Å²) in [6.45, 7) is 14.5. The molecule has 3 aliphatic heterocycles. The molecule has 4 amide bonds. The van der Waals surface area contributed by atoms with Crippen molar-refractivity contribution in [1.82, 2.24) is 19.6 Å². The molecule has 45 heavy (non-hydrogen) atoms. The van der Waals surface area contributed by atoms with Gasteiger partial charge in [0.25, 0.3) is 0 Å². The van der Waals surface area contributed by atoms with Crippen molar-refractivity contribution >= 4 is 29.2 Å². The Kier molecular flexibility index (Phi) is 11.5. The van der Waals surface area contributed by atoms with E-state index in [0.29, 0.717) is 25.9 Å². The number of hydrogen-bond donors (Lipinski definition) is 0. The average molecular weight is 617 g/mol. The summed E-state index contributed by atoms with van der Waals surface area (Å²) in [6.07, 6.45) is 4.16. The largest absolute Gasteiger partial charge is 0.369 e. The number of unbranched alkanes of at least 4 members (excludes halogenated alkanes) is 2. The highest BCUT2D eigenvalue weighted by molar-refractivity contribution is 6.19. The van der Waals surface area contributed by atoms with E-state index in [4.69, 9.17) is 0 Å². The molecule has 0 spiro atoms. The molecule has 2 aromatic carbocycles. The van der Waals surface area contributed by atoms with E-state index >= 15 is 0 Å². The molecule has 3 aliphatic rings. The Morgan fingerprint density at radius 2 is 0.867 bits per heavy atom. The summed E-state index contributed by atoms with van der Waals surface area (Å²) in [6, 6.07) is 20.7. The van der Waals surface area contributed by atoms with Gasteiger partial charge in [0, 0.05) is 76.8 Å². The maximum Gasteiger partial charge on any atom is 0.333 e. The van der Waals surface area contributed by atoms with Gasteiger partial charge in [-0.3, -0.25) is 29.2 Å². The van der Waals surface area contributed by atoms with Crippen LogP contribution in [0.5, 0.6) is 0 Å². The number of imide groups is 2. The molecule has 0 aromatic heterocycles. The topological polar surface area (TPSA) is 70.7 Å². The Balaban J connectivity index is 1.07. The van der Waals surface area contributed by atoms with Crippen LogP contribution >= 0.6 is 0 Å². The smallest absolute Gasteiger partial charge is 0.333 e. The van der Waals surface area contributed by atoms with Crippen molar-refractivity contribution in [2.75, 3.05) is 88.3 Å². The minimum atomic E-state index is -1.13. The quantitative estimate of drug-likeness (QED) is 0.223. The van der Waals surface area contributed by atoms with Crippen LogP contribution in [0.3, 0.4) is 0 Å². The van der Waals surface area contributed by atoms with Gasteiger partial charge in [-0.15, -0.1) is 0 Å². The van der Waals surface area contributed by atoms with E-state index in [1.54, 1.807) is 0 Å². The predicted octanol–water partition coefficient (Wildman–Crippen LogP) is 4.79. The van der Waals surface area contributed by atoms with Crippen molar-refractivity contribution in [3.05, 3.63) is 60.7 Å². The molecule has 0 N–H and O–H groups in total. The highest BCUT2D eigenvalue weighted by atomic mass is 16.2. The number of para-hydroxylation sites is 2. The predicted molar refractivity (Wildman–Crippen MR) is 180 cm³/mol. The normalized spacial score (nSPS) is 19.9. The number of carbonyl (C=O) groups excluding carboxylic acids is 3. The number of nitrogens with zero attached hydrogens (tertiary/aromatic N) is 6. The number of urea groups is 1. The minimum absolute atomic E-state index is 0.300. The van der Waals surface area contributed by atoms with Crippen LogP contribution in [0, 0.1) is 5.41 Å². The van der Waals surface area contributed by atoms with Crippen LogP contribution in [-0.4, -0.2) is 116 Å². The molecule has 2 aromatic rings. The Labute approximate surface area is 269 Å². The van der Waals surface area contributed by atoms with Gasteiger partial charge in [0.05, 0.1) is 0 Å². The number of amides is 4. The lowest BCUT2D eigenvalue weighted by Gasteiger charge is -2.43. The SMILES string of the molecule is CCC1(CC)C(=O)N(CCCCN2CCN(c3ccccc3)CC2)C(=O)N(CCCCN2CCN(c3ccccc3)CC2)C1=O. The first-order chi connectivity index (χ1) is 22.0. The van der Waals surface area contributed by atoms with E-state index < -0.39 is 11.4 Å². The number of rotatable bonds is 14. The Bertz CT molecular complexity index is 1150. The van der Waals surface area contributed by atoms with Crippen LogP contribution in [0.4, 0.5) is 16.2 Å². The van der Waals surface area contributed by atoms with Crippen molar-refractivity contribution < 1.29 is 14.4 Å². The van der Waals surface area contributed by atoms with Crippen LogP contribution in [0.2, 0.25) is 0 Å². The van der Waals surface area contributed by atoms with Gasteiger partial charge in [0.1, 0.15) is 5.41 Å². The first-order valence-corrected chi connectivity index (χ1v) is 17.2. The molecule has 3 fully saturated rings. The molecule has 0 saturated carbocycles. The summed E-state index contributed by atoms with van der Waals surface area (Å²) in [7, 11) is 0. The molecular weight excluding hydrogens is 564 g/mol. The van der Waals surface area contributed by atoms with Crippen molar-refractivity contribution in [2.45, 2.75) is 52.4 Å². The maximum absolute atomic E-state index is 13.6. The maximum atomic E-state index is 13.6. The number of barbiturate groups is 1. The second-order valence-corrected chi connectivity index (χ2v) is 12.7. The summed E-state index contributed by atoms with van der Waals surface area (Å²) >= 11 is 0. The third-order valence-electron chi connectivity index (χ3n) is 10.2. The van der Waals surface area contributed by atoms with E-state index in [1.807, 2.05) is 26.0 Å². The first-order valence-electron chi connectivity index (χ1n) is 17.2. The molecule has 3 saturated heterocycles. The third kappa shape index (κ3) is 7.69. The first kappa shape index (κ1) is 32.9. The zero-order valence-electron chi connectivity index (χ0n) is 27.4. The van der Waals surface area contributed by atoms with Gasteiger partial charge in [-0.2, -0.15) is 0 Å². The van der Waals surface area contributed by atoms with Gasteiger partial charge in [0.15, 0.2) is 0 Å². The lowest BCUT2D eigenvalue weighted by Crippen LogP contribution is -2.65. The van der Waals surface area contributed by atoms with Crippen molar-refractivity contribution in [2.24, 2.45) is 5.41 Å². The Morgan fingerprint density at radius 1 is 0.511 bits per heavy atom. The second kappa shape index (κ2) is 15.7. The molecule has 3 heterocycles. The van der Waals surface area contributed by atoms with Crippen LogP contribution in [-0.2, 0) is 9.59 Å². The molecule has 0 radical (unpaired) electrons. The Hall–Kier alpha value is -3.43. The van der Waals surface area contributed by atoms with E-state index in [2.05, 4.69) is 68.1 Å². The zero-order chi connectivity index (χ0) is 31.6. The van der Waals surface area contributed by atoms with Gasteiger partial charge in [-0.25, -0.2) is 4.79 Å². The van der Waals surface area contributed by atoms with Gasteiger partial charge >= 0.3 is 6.03 Å². The van der Waals surface area contributed by atoms with Gasteiger partial charge < -0.3 is 9.80 Å². The fraction of sp³-hybridized carbons (Fsp3) is 0.583. The standard InChI is InChI=1S/C36H52N6O3/c1-3-36(4-2)33(43)41(21-13-11-19-37-23-27-39(28-24-37)31-15-7-5-8-16-31)35(45)42(34(36)44)22-14-12-20-38-25-29-40(30-26-38)32-17-9-6-10-18-32/h5-10,15-18H,3-4,11-14,19-30H2,1-2H3. The molecule has 0 unspecified atom stereocenters. The van der Waals surface area contributed by atoms with Gasteiger partial charge in [0.2, 0.25) is 11.8 Å². The molecule has 0 aliphatic carbocycles. The summed E-state index contributed by atoms with van der Waals surface area (Å²) in [5, 5.41) is 0. The highest BCUT2D eigenvalue weighted by Gasteiger charge is 2.54. The lowest BCUT2D eigenvalue weighted by molar-refractivity contribution is -0.159. The molecule has 5 rings (SSSR count). The number of carbonyl (C=O) groups is 3. The molecular formula is C36H52N6O3. The van der Waals surface area contributed by atoms with Crippen LogP contribution < -0.4 is 9.80 Å². The van der Waals surface area contributed by atoms with E-state index in [1.165, 1.54) is 21.2 Å². The van der Waals surface area contributed by atoms with Crippen LogP contribution in [0.1, 0.15) is 52.4 Å². The number of hydrogen-bond acceptors (Lipinski definition) is 7. The van der Waals surface area contributed by atoms with E-state index in [-0.39, 0.29) is 11.8 Å². The molecule has 9 nitrogen and oxygen atoms in total. The summed E-state index contributed by atoms with van der Waals surface area (Å²) in [4.78, 5) is 53.4. The Morgan fingerprint density at radius 3 is 1.22 bits per heavy atom. The summed E-state index contributed by atoms with van der Waals surface area (Å²) in [5.41, 5.74) is 1.42. The second-order valence-electron chi connectivity index (χ2n) is 12.7. The number of piperazine rings is 2. The van der Waals surface area contributed by atoms with E-state index in [9.17, 15) is 14.4 Å². The molecule has 9 heteroatoms. The van der Waals surface area contributed by atoms with Crippen molar-refractivity contribution in [1.29, 1.82) is 0 Å². The lowest BCUT2D eigenvalue weighted by atomic mass is 9.78. The fourth-order valence-electron chi connectivity index (χ4n) is 7.12. The highest BCUT2D eigenvalue weighted by Crippen LogP contribution is 2.36. The molecule has 0 bridgehead atoms. The van der Waals surface area contributed by atoms with Crippen LogP contribution in [0.25, 0.3) is 0 Å². The van der Waals surface area contributed by atoms with Gasteiger partial charge in [-0.1, -0.05) is 50.2 Å². The summed E-state index contributed by atoms with van der Waals surface area (Å²) in [5.74, 6) is -0.599.